The summed E-state index contributed by atoms with van der Waals surface area (Å²) in [7, 11) is 1.35. The van der Waals surface area contributed by atoms with Crippen molar-refractivity contribution < 1.29 is 19.1 Å². The van der Waals surface area contributed by atoms with Gasteiger partial charge in [-0.15, -0.1) is 0 Å². The quantitative estimate of drug-likeness (QED) is 0.423. The van der Waals surface area contributed by atoms with Crippen LogP contribution in [0.15, 0.2) is 78.9 Å². The van der Waals surface area contributed by atoms with Crippen molar-refractivity contribution in [3.63, 3.8) is 0 Å². The number of anilines is 1. The zero-order chi connectivity index (χ0) is 23.6. The fourth-order valence-electron chi connectivity index (χ4n) is 6.16. The predicted molar refractivity (Wildman–Crippen MR) is 129 cm³/mol. The third-order valence-electron chi connectivity index (χ3n) is 7.59. The monoisotopic (exact) mass is 449 g/mol. The third kappa shape index (κ3) is 2.47. The Morgan fingerprint density at radius 3 is 2.15 bits per heavy atom. The second kappa shape index (κ2) is 7.26. The van der Waals surface area contributed by atoms with E-state index in [4.69, 9.17) is 4.74 Å². The van der Waals surface area contributed by atoms with Gasteiger partial charge in [-0.1, -0.05) is 84.4 Å². The number of Topliss-reactive ketones (excluding diaryl/α,β-unsaturated/α-hetero) is 2. The van der Waals surface area contributed by atoms with Crippen molar-refractivity contribution >= 4 is 29.3 Å². The molecule has 3 aliphatic rings. The number of fused-ring (bicyclic) bond motifs is 5. The number of hydrogen-bond acceptors (Lipinski definition) is 5. The molecule has 0 unspecified atom stereocenters. The Kier molecular flexibility index (Phi) is 4.40. The maximum atomic E-state index is 14.3. The van der Waals surface area contributed by atoms with E-state index in [9.17, 15) is 14.4 Å². The van der Waals surface area contributed by atoms with Crippen LogP contribution in [0.3, 0.4) is 0 Å². The molecule has 1 aliphatic carbocycles. The number of aryl methyl sites for hydroxylation is 1. The average Bonchev–Trinajstić information content (AvgIpc) is 3.31. The highest BCUT2D eigenvalue weighted by Gasteiger charge is 2.71. The summed E-state index contributed by atoms with van der Waals surface area (Å²) in [5, 5.41) is 0. The minimum Gasteiger partial charge on any atom is -0.467 e. The van der Waals surface area contributed by atoms with Crippen LogP contribution < -0.4 is 4.90 Å². The number of para-hydroxylation sites is 1. The van der Waals surface area contributed by atoms with Crippen molar-refractivity contribution in [3.8, 4) is 0 Å². The molecule has 0 bridgehead atoms. The van der Waals surface area contributed by atoms with Gasteiger partial charge in [0.1, 0.15) is 11.5 Å². The first-order chi connectivity index (χ1) is 16.5. The van der Waals surface area contributed by atoms with Crippen LogP contribution in [0, 0.1) is 12.3 Å². The Balaban J connectivity index is 1.69. The lowest BCUT2D eigenvalue weighted by molar-refractivity contribution is -0.142. The minimum absolute atomic E-state index is 0.232. The Bertz CT molecular complexity index is 1350. The van der Waals surface area contributed by atoms with Crippen molar-refractivity contribution in [1.29, 1.82) is 0 Å². The Labute approximate surface area is 197 Å². The highest BCUT2D eigenvalue weighted by Crippen LogP contribution is 2.60. The van der Waals surface area contributed by atoms with E-state index in [0.717, 1.165) is 22.4 Å². The lowest BCUT2D eigenvalue weighted by Gasteiger charge is -2.36. The smallest absolute Gasteiger partial charge is 0.329 e. The van der Waals surface area contributed by atoms with E-state index >= 15 is 0 Å². The van der Waals surface area contributed by atoms with Gasteiger partial charge in [-0.3, -0.25) is 9.59 Å². The van der Waals surface area contributed by atoms with Crippen molar-refractivity contribution in [2.24, 2.45) is 5.41 Å². The summed E-state index contributed by atoms with van der Waals surface area (Å²) in [4.78, 5) is 43.9. The molecule has 5 nitrogen and oxygen atoms in total. The van der Waals surface area contributed by atoms with E-state index < -0.39 is 29.4 Å². The summed E-state index contributed by atoms with van der Waals surface area (Å²) >= 11 is 0. The molecule has 0 N–H and O–H groups in total. The molecule has 1 saturated heterocycles. The highest BCUT2D eigenvalue weighted by molar-refractivity contribution is 6.32. The van der Waals surface area contributed by atoms with Gasteiger partial charge < -0.3 is 9.64 Å². The number of rotatable bonds is 2. The summed E-state index contributed by atoms with van der Waals surface area (Å²) in [6.07, 6.45) is 3.86. The molecule has 3 atom stereocenters. The van der Waals surface area contributed by atoms with E-state index in [0.29, 0.717) is 11.1 Å². The molecule has 3 aromatic rings. The van der Waals surface area contributed by atoms with Crippen molar-refractivity contribution in [3.05, 3.63) is 107 Å². The Morgan fingerprint density at radius 1 is 0.882 bits per heavy atom. The van der Waals surface area contributed by atoms with Gasteiger partial charge in [-0.2, -0.15) is 0 Å². The summed E-state index contributed by atoms with van der Waals surface area (Å²) in [6, 6.07) is 21.0. The van der Waals surface area contributed by atoms with Gasteiger partial charge in [0.2, 0.25) is 0 Å². The standard InChI is InChI=1S/C29H23NO4/c1-17-11-13-19(14-12-17)24-25(28(33)34-2)30-22-10-6-3-7-18(22)15-16-23(30)29(24)26(31)20-8-4-5-9-21(20)27(29)32/h3-16,23-25H,1-2H3/t23-,24+,25-/m0/s1. The number of methoxy groups -OCH3 is 1. The first-order valence-corrected chi connectivity index (χ1v) is 11.4. The number of carbonyl (C=O) groups is 3. The van der Waals surface area contributed by atoms with Crippen LogP contribution >= 0.6 is 0 Å². The second-order valence-electron chi connectivity index (χ2n) is 9.20. The van der Waals surface area contributed by atoms with E-state index in [1.807, 2.05) is 72.5 Å². The van der Waals surface area contributed by atoms with Crippen LogP contribution in [0.1, 0.15) is 43.3 Å². The largest absolute Gasteiger partial charge is 0.467 e. The van der Waals surface area contributed by atoms with Gasteiger partial charge >= 0.3 is 5.97 Å². The van der Waals surface area contributed by atoms with Crippen LogP contribution in [-0.4, -0.2) is 36.7 Å². The zero-order valence-electron chi connectivity index (χ0n) is 18.9. The number of benzene rings is 3. The van der Waals surface area contributed by atoms with E-state index in [2.05, 4.69) is 0 Å². The molecule has 1 fully saturated rings. The van der Waals surface area contributed by atoms with Crippen LogP contribution in [-0.2, 0) is 9.53 Å². The lowest BCUT2D eigenvalue weighted by atomic mass is 9.64. The van der Waals surface area contributed by atoms with Crippen LogP contribution in [0.4, 0.5) is 5.69 Å². The van der Waals surface area contributed by atoms with E-state index in [1.54, 1.807) is 24.3 Å². The first kappa shape index (κ1) is 20.6. The maximum absolute atomic E-state index is 14.3. The Morgan fingerprint density at radius 2 is 1.50 bits per heavy atom. The molecule has 34 heavy (non-hydrogen) atoms. The number of ketones is 2. The summed E-state index contributed by atoms with van der Waals surface area (Å²) in [5.74, 6) is -1.64. The van der Waals surface area contributed by atoms with Gasteiger partial charge in [0.15, 0.2) is 11.6 Å². The molecule has 3 aromatic carbocycles. The zero-order valence-corrected chi connectivity index (χ0v) is 18.9. The molecule has 0 amide bonds. The molecule has 2 heterocycles. The number of hydrogen-bond donors (Lipinski definition) is 0. The molecular formula is C29H23NO4. The third-order valence-corrected chi connectivity index (χ3v) is 7.59. The molecule has 1 spiro atoms. The number of nitrogens with zero attached hydrogens (tertiary/aromatic N) is 1. The fraction of sp³-hybridized carbons (Fsp3) is 0.207. The van der Waals surface area contributed by atoms with Crippen molar-refractivity contribution in [2.75, 3.05) is 12.0 Å². The molecule has 5 heteroatoms. The topological polar surface area (TPSA) is 63.7 Å². The second-order valence-corrected chi connectivity index (χ2v) is 9.20. The van der Waals surface area contributed by atoms with Gasteiger partial charge in [0.25, 0.3) is 0 Å². The predicted octanol–water partition coefficient (Wildman–Crippen LogP) is 4.60. The van der Waals surface area contributed by atoms with Gasteiger partial charge in [-0.05, 0) is 24.1 Å². The average molecular weight is 450 g/mol. The molecule has 2 aliphatic heterocycles. The normalized spacial score (nSPS) is 23.6. The summed E-state index contributed by atoms with van der Waals surface area (Å²) in [6.45, 7) is 1.98. The van der Waals surface area contributed by atoms with Crippen molar-refractivity contribution in [2.45, 2.75) is 24.9 Å². The van der Waals surface area contributed by atoms with Crippen LogP contribution in [0.5, 0.6) is 0 Å². The van der Waals surface area contributed by atoms with Gasteiger partial charge in [0.05, 0.1) is 13.2 Å². The molecule has 0 aromatic heterocycles. The van der Waals surface area contributed by atoms with E-state index in [1.165, 1.54) is 7.11 Å². The van der Waals surface area contributed by atoms with Crippen molar-refractivity contribution in [1.82, 2.24) is 0 Å². The van der Waals surface area contributed by atoms with Crippen LogP contribution in [0.2, 0.25) is 0 Å². The number of esters is 1. The molecule has 6 rings (SSSR count). The fourth-order valence-corrected chi connectivity index (χ4v) is 6.16. The Hall–Kier alpha value is -3.99. The molecular weight excluding hydrogens is 426 g/mol. The summed E-state index contributed by atoms with van der Waals surface area (Å²) < 4.78 is 5.30. The SMILES string of the molecule is COC(=O)[C@@H]1[C@@H](c2ccc(C)cc2)C2(C(=O)c3ccccc3C2=O)[C@@H]2C=Cc3ccccc3N12. The van der Waals surface area contributed by atoms with Crippen LogP contribution in [0.25, 0.3) is 6.08 Å². The van der Waals surface area contributed by atoms with E-state index in [-0.39, 0.29) is 11.6 Å². The molecule has 0 saturated carbocycles. The van der Waals surface area contributed by atoms with Gasteiger partial charge in [-0.25, -0.2) is 4.79 Å². The number of ether oxygens (including phenoxy) is 1. The first-order valence-electron chi connectivity index (χ1n) is 11.4. The summed E-state index contributed by atoms with van der Waals surface area (Å²) in [5.41, 5.74) is 2.95. The highest BCUT2D eigenvalue weighted by atomic mass is 16.5. The minimum atomic E-state index is -1.47. The molecule has 168 valence electrons. The van der Waals surface area contributed by atoms with Gasteiger partial charge in [0, 0.05) is 22.7 Å². The number of carbonyl (C=O) groups excluding carboxylic acids is 3. The lowest BCUT2D eigenvalue weighted by Crippen LogP contribution is -2.48. The molecule has 0 radical (unpaired) electrons. The maximum Gasteiger partial charge on any atom is 0.329 e.